The van der Waals surface area contributed by atoms with Crippen molar-refractivity contribution in [2.24, 2.45) is 5.73 Å². The first kappa shape index (κ1) is 21.3. The highest BCUT2D eigenvalue weighted by atomic mass is 32.2. The maximum atomic E-state index is 12.8. The Hall–Kier alpha value is -4.43. The number of carbonyl (C=O) groups is 1. The van der Waals surface area contributed by atoms with E-state index in [0.717, 1.165) is 4.90 Å². The molecule has 3 aromatic rings. The van der Waals surface area contributed by atoms with Gasteiger partial charge in [-0.15, -0.1) is 0 Å². The smallest absolute Gasteiger partial charge is 0.324 e. The zero-order valence-electron chi connectivity index (χ0n) is 15.8. The van der Waals surface area contributed by atoms with Crippen LogP contribution in [0.5, 0.6) is 0 Å². The molecule has 3 rings (SSSR count). The number of nitrogens with zero attached hydrogens (tertiary/aromatic N) is 3. The molecule has 0 saturated heterocycles. The number of anilines is 3. The van der Waals surface area contributed by atoms with E-state index < -0.39 is 26.7 Å². The minimum Gasteiger partial charge on any atom is -0.351 e. The summed E-state index contributed by atoms with van der Waals surface area (Å²) in [5.41, 5.74) is 4.79. The second kappa shape index (κ2) is 8.52. The lowest BCUT2D eigenvalue weighted by Crippen LogP contribution is -2.32. The van der Waals surface area contributed by atoms with E-state index in [2.05, 4.69) is 4.72 Å². The van der Waals surface area contributed by atoms with Gasteiger partial charge in [0.1, 0.15) is 5.69 Å². The van der Waals surface area contributed by atoms with Crippen LogP contribution in [0.25, 0.3) is 0 Å². The highest BCUT2D eigenvalue weighted by Crippen LogP contribution is 2.38. The molecule has 0 aliphatic heterocycles. The number of sulfonamides is 1. The topological polar surface area (TPSA) is 159 Å². The molecule has 0 spiro atoms. The molecule has 0 bridgehead atoms. The third-order valence-electron chi connectivity index (χ3n) is 4.20. The number of rotatable bonds is 6. The summed E-state index contributed by atoms with van der Waals surface area (Å²) in [6.07, 6.45) is 0. The van der Waals surface area contributed by atoms with Gasteiger partial charge >= 0.3 is 6.03 Å². The van der Waals surface area contributed by atoms with Gasteiger partial charge in [-0.1, -0.05) is 30.3 Å². The summed E-state index contributed by atoms with van der Waals surface area (Å²) < 4.78 is 28.0. The summed E-state index contributed by atoms with van der Waals surface area (Å²) in [5, 5.41) is 20.7. The Bertz CT molecular complexity index is 1300. The number of urea groups is 1. The van der Waals surface area contributed by atoms with Crippen LogP contribution in [0.4, 0.5) is 27.5 Å². The van der Waals surface area contributed by atoms with Crippen molar-refractivity contribution in [3.63, 3.8) is 0 Å². The number of benzene rings is 3. The van der Waals surface area contributed by atoms with Crippen molar-refractivity contribution in [3.8, 4) is 6.07 Å². The van der Waals surface area contributed by atoms with Crippen molar-refractivity contribution >= 4 is 38.8 Å². The Morgan fingerprint density at radius 1 is 1.03 bits per heavy atom. The van der Waals surface area contributed by atoms with Gasteiger partial charge in [-0.05, 0) is 36.4 Å². The average molecular weight is 437 g/mol. The fourth-order valence-electron chi connectivity index (χ4n) is 2.86. The molecule has 0 unspecified atom stereocenters. The molecule has 2 amide bonds. The molecule has 10 nitrogen and oxygen atoms in total. The van der Waals surface area contributed by atoms with Gasteiger partial charge in [-0.3, -0.25) is 19.7 Å². The number of para-hydroxylation sites is 2. The number of hydrogen-bond donors (Lipinski definition) is 2. The molecular weight excluding hydrogens is 422 g/mol. The molecule has 0 heterocycles. The van der Waals surface area contributed by atoms with E-state index >= 15 is 0 Å². The first-order valence-electron chi connectivity index (χ1n) is 8.69. The van der Waals surface area contributed by atoms with Gasteiger partial charge in [0, 0.05) is 6.07 Å². The van der Waals surface area contributed by atoms with Crippen LogP contribution >= 0.6 is 0 Å². The lowest BCUT2D eigenvalue weighted by Gasteiger charge is -2.23. The molecule has 0 saturated carbocycles. The molecule has 11 heteroatoms. The maximum absolute atomic E-state index is 12.8. The van der Waals surface area contributed by atoms with Gasteiger partial charge in [0.15, 0.2) is 0 Å². The van der Waals surface area contributed by atoms with Crippen LogP contribution in [0.2, 0.25) is 0 Å². The number of nitro groups is 1. The van der Waals surface area contributed by atoms with E-state index in [0.29, 0.717) is 0 Å². The minimum atomic E-state index is -4.10. The Kier molecular flexibility index (Phi) is 5.85. The van der Waals surface area contributed by atoms with Crippen molar-refractivity contribution < 1.29 is 18.1 Å². The summed E-state index contributed by atoms with van der Waals surface area (Å²) in [5.74, 6) is 0. The fourth-order valence-corrected chi connectivity index (χ4v) is 3.95. The average Bonchev–Trinajstić information content (AvgIpc) is 2.75. The van der Waals surface area contributed by atoms with Crippen molar-refractivity contribution in [1.82, 2.24) is 0 Å². The Labute approximate surface area is 177 Å². The number of carbonyl (C=O) groups excluding carboxylic acids is 1. The number of nitro benzene ring substituents is 1. The Morgan fingerprint density at radius 2 is 1.68 bits per heavy atom. The molecule has 0 aromatic heterocycles. The van der Waals surface area contributed by atoms with Gasteiger partial charge in [-0.25, -0.2) is 13.2 Å². The van der Waals surface area contributed by atoms with Crippen LogP contribution in [0.15, 0.2) is 77.7 Å². The second-order valence-electron chi connectivity index (χ2n) is 6.18. The van der Waals surface area contributed by atoms with E-state index in [9.17, 15) is 28.6 Å². The SMILES string of the molecule is N#Cc1ccc(N(C(N)=O)c2ccccc2[N+](=O)[O-])c(NS(=O)(=O)c2ccccc2)c1. The molecule has 0 aliphatic carbocycles. The van der Waals surface area contributed by atoms with E-state index in [-0.39, 0.29) is 27.5 Å². The van der Waals surface area contributed by atoms with Crippen molar-refractivity contribution in [2.75, 3.05) is 9.62 Å². The zero-order valence-corrected chi connectivity index (χ0v) is 16.6. The van der Waals surface area contributed by atoms with Gasteiger partial charge in [0.25, 0.3) is 15.7 Å². The largest absolute Gasteiger partial charge is 0.351 e. The summed E-state index contributed by atoms with van der Waals surface area (Å²) in [6, 6.07) is 17.4. The van der Waals surface area contributed by atoms with Gasteiger partial charge in [0.2, 0.25) is 0 Å². The van der Waals surface area contributed by atoms with Crippen molar-refractivity contribution in [2.45, 2.75) is 4.90 Å². The third kappa shape index (κ3) is 4.44. The Balaban J connectivity index is 2.20. The normalized spacial score (nSPS) is 10.7. The number of nitriles is 1. The van der Waals surface area contributed by atoms with Crippen LogP contribution in [-0.4, -0.2) is 19.4 Å². The van der Waals surface area contributed by atoms with Gasteiger partial charge in [-0.2, -0.15) is 5.26 Å². The van der Waals surface area contributed by atoms with Crippen LogP contribution in [-0.2, 0) is 10.0 Å². The zero-order chi connectivity index (χ0) is 22.6. The summed E-state index contributed by atoms with van der Waals surface area (Å²) >= 11 is 0. The summed E-state index contributed by atoms with van der Waals surface area (Å²) in [6.45, 7) is 0. The number of nitrogens with two attached hydrogens (primary N) is 1. The highest BCUT2D eigenvalue weighted by Gasteiger charge is 2.27. The number of nitrogens with one attached hydrogen (secondary N) is 1. The van der Waals surface area contributed by atoms with Crippen molar-refractivity contribution in [3.05, 3.63) is 88.5 Å². The first-order valence-corrected chi connectivity index (χ1v) is 10.2. The molecule has 3 N–H and O–H groups in total. The molecule has 31 heavy (non-hydrogen) atoms. The monoisotopic (exact) mass is 437 g/mol. The number of primary amides is 1. The van der Waals surface area contributed by atoms with E-state index in [1.165, 1.54) is 66.7 Å². The molecule has 0 radical (unpaired) electrons. The molecule has 0 aliphatic rings. The quantitative estimate of drug-likeness (QED) is 0.443. The molecule has 156 valence electrons. The third-order valence-corrected chi connectivity index (χ3v) is 5.59. The first-order chi connectivity index (χ1) is 14.7. The number of amides is 2. The van der Waals surface area contributed by atoms with Gasteiger partial charge in [0.05, 0.1) is 32.8 Å². The van der Waals surface area contributed by atoms with Crippen LogP contribution in [0, 0.1) is 21.4 Å². The maximum Gasteiger partial charge on any atom is 0.324 e. The van der Waals surface area contributed by atoms with Crippen LogP contribution in [0.1, 0.15) is 5.56 Å². The minimum absolute atomic E-state index is 0.0559. The second-order valence-corrected chi connectivity index (χ2v) is 7.86. The van der Waals surface area contributed by atoms with E-state index in [1.54, 1.807) is 6.07 Å². The lowest BCUT2D eigenvalue weighted by molar-refractivity contribution is -0.384. The summed E-state index contributed by atoms with van der Waals surface area (Å²) in [7, 11) is -4.10. The molecule has 0 atom stereocenters. The number of hydrogen-bond acceptors (Lipinski definition) is 6. The lowest BCUT2D eigenvalue weighted by atomic mass is 10.1. The standard InChI is InChI=1S/C20H15N5O5S/c21-13-14-10-11-17(16(12-14)23-31(29,30)15-6-2-1-3-7-15)24(20(22)26)18-8-4-5-9-19(18)25(27)28/h1-12,23H,(H2,22,26). The molecule has 0 fully saturated rings. The van der Waals surface area contributed by atoms with Crippen LogP contribution in [0.3, 0.4) is 0 Å². The van der Waals surface area contributed by atoms with Crippen LogP contribution < -0.4 is 15.4 Å². The van der Waals surface area contributed by atoms with Crippen molar-refractivity contribution in [1.29, 1.82) is 5.26 Å². The predicted molar refractivity (Wildman–Crippen MR) is 113 cm³/mol. The molecular formula is C20H15N5O5S. The highest BCUT2D eigenvalue weighted by molar-refractivity contribution is 7.92. The molecule has 3 aromatic carbocycles. The fraction of sp³-hybridized carbons (Fsp3) is 0. The summed E-state index contributed by atoms with van der Waals surface area (Å²) in [4.78, 5) is 23.8. The van der Waals surface area contributed by atoms with E-state index in [1.807, 2.05) is 6.07 Å². The van der Waals surface area contributed by atoms with E-state index in [4.69, 9.17) is 5.73 Å². The Morgan fingerprint density at radius 3 is 2.29 bits per heavy atom. The van der Waals surface area contributed by atoms with Gasteiger partial charge < -0.3 is 5.73 Å². The predicted octanol–water partition coefficient (Wildman–Crippen LogP) is 3.48.